The summed E-state index contributed by atoms with van der Waals surface area (Å²) < 4.78 is 28.9. The summed E-state index contributed by atoms with van der Waals surface area (Å²) in [6.45, 7) is 1.04. The first kappa shape index (κ1) is 26.9. The van der Waals surface area contributed by atoms with Crippen molar-refractivity contribution >= 4 is 47.4 Å². The molecule has 0 aliphatic carbocycles. The largest absolute Gasteiger partial charge is 0.435 e. The second-order valence-corrected chi connectivity index (χ2v) is 6.76. The smallest absolute Gasteiger partial charge is 0.387 e. The molecule has 0 atom stereocenters. The highest BCUT2D eigenvalue weighted by atomic mass is 127. The Morgan fingerprint density at radius 2 is 1.84 bits per heavy atom. The van der Waals surface area contributed by atoms with Gasteiger partial charge in [0.1, 0.15) is 5.75 Å². The van der Waals surface area contributed by atoms with Gasteiger partial charge in [0.25, 0.3) is 5.91 Å². The molecule has 0 radical (unpaired) electrons. The highest BCUT2D eigenvalue weighted by molar-refractivity contribution is 14.0. The lowest BCUT2D eigenvalue weighted by Gasteiger charge is -2.22. The number of nitrogens with one attached hydrogen (secondary N) is 2. The maximum Gasteiger partial charge on any atom is 0.387 e. The topological polar surface area (TPSA) is 66.0 Å². The van der Waals surface area contributed by atoms with Crippen molar-refractivity contribution in [3.8, 4) is 5.75 Å². The molecule has 0 aromatic heterocycles. The average molecular weight is 567 g/mol. The van der Waals surface area contributed by atoms with Crippen LogP contribution in [0.3, 0.4) is 0 Å². The summed E-state index contributed by atoms with van der Waals surface area (Å²) in [5, 5.41) is 6.38. The van der Waals surface area contributed by atoms with Gasteiger partial charge in [0, 0.05) is 26.7 Å². The summed E-state index contributed by atoms with van der Waals surface area (Å²) in [7, 11) is 1.87. The fourth-order valence-electron chi connectivity index (χ4n) is 2.67. The predicted octanol–water partition coefficient (Wildman–Crippen LogP) is 4.39. The van der Waals surface area contributed by atoms with Crippen molar-refractivity contribution in [2.24, 2.45) is 4.99 Å². The number of rotatable bonds is 9. The second kappa shape index (κ2) is 14.0. The van der Waals surface area contributed by atoms with Gasteiger partial charge in [-0.1, -0.05) is 35.9 Å². The molecule has 2 aromatic rings. The first-order chi connectivity index (χ1) is 14.4. The molecule has 0 aliphatic rings. The van der Waals surface area contributed by atoms with E-state index in [0.717, 1.165) is 5.56 Å². The Labute approximate surface area is 203 Å². The fraction of sp³-hybridized carbons (Fsp3) is 0.333. The number of halogens is 4. The van der Waals surface area contributed by atoms with Crippen LogP contribution in [0, 0.1) is 0 Å². The standard InChI is InChI=1S/C21H25ClF2N4O2.HI/c1-3-25-21(27-13-12-26-19(29)17-6-4-5-7-18(17)22)28(2)14-15-8-10-16(11-9-15)30-20(23)24;/h4-11,20H,3,12-14H2,1-2H3,(H,25,27)(H,26,29);1H. The number of carbonyl (C=O) groups is 1. The third-order valence-corrected chi connectivity index (χ3v) is 4.37. The van der Waals surface area contributed by atoms with E-state index in [2.05, 4.69) is 20.4 Å². The average Bonchev–Trinajstić information content (AvgIpc) is 2.71. The maximum atomic E-state index is 12.2. The van der Waals surface area contributed by atoms with Crippen LogP contribution in [0.1, 0.15) is 22.8 Å². The molecule has 0 heterocycles. The number of guanidine groups is 1. The predicted molar refractivity (Wildman–Crippen MR) is 130 cm³/mol. The van der Waals surface area contributed by atoms with Crippen molar-refractivity contribution in [2.45, 2.75) is 20.1 Å². The highest BCUT2D eigenvalue weighted by Crippen LogP contribution is 2.16. The number of aliphatic imine (C=N–C) groups is 1. The van der Waals surface area contributed by atoms with Crippen molar-refractivity contribution < 1.29 is 18.3 Å². The maximum absolute atomic E-state index is 12.2. The van der Waals surface area contributed by atoms with Crippen LogP contribution in [0.4, 0.5) is 8.78 Å². The Hall–Kier alpha value is -2.14. The van der Waals surface area contributed by atoms with Crippen LogP contribution in [0.5, 0.6) is 5.75 Å². The van der Waals surface area contributed by atoms with Gasteiger partial charge in [-0.15, -0.1) is 24.0 Å². The molecule has 10 heteroatoms. The van der Waals surface area contributed by atoms with Crippen LogP contribution in [-0.4, -0.2) is 50.1 Å². The van der Waals surface area contributed by atoms with Gasteiger partial charge in [-0.2, -0.15) is 8.78 Å². The lowest BCUT2D eigenvalue weighted by Crippen LogP contribution is -2.39. The van der Waals surface area contributed by atoms with Gasteiger partial charge in [0.05, 0.1) is 17.1 Å². The van der Waals surface area contributed by atoms with Gasteiger partial charge in [0.2, 0.25) is 0 Å². The first-order valence-corrected chi connectivity index (χ1v) is 9.84. The molecular weight excluding hydrogens is 541 g/mol. The summed E-state index contributed by atoms with van der Waals surface area (Å²) in [5.74, 6) is 0.531. The number of hydrogen-bond acceptors (Lipinski definition) is 3. The number of benzene rings is 2. The van der Waals surface area contributed by atoms with Crippen molar-refractivity contribution in [2.75, 3.05) is 26.7 Å². The van der Waals surface area contributed by atoms with E-state index >= 15 is 0 Å². The van der Waals surface area contributed by atoms with Gasteiger partial charge in [-0.3, -0.25) is 9.79 Å². The fourth-order valence-corrected chi connectivity index (χ4v) is 2.89. The minimum atomic E-state index is -2.84. The number of nitrogens with zero attached hydrogens (tertiary/aromatic N) is 2. The van der Waals surface area contributed by atoms with Gasteiger partial charge in [-0.25, -0.2) is 0 Å². The molecular formula is C21H26ClF2IN4O2. The third kappa shape index (κ3) is 9.26. The number of alkyl halides is 2. The van der Waals surface area contributed by atoms with E-state index < -0.39 is 6.61 Å². The van der Waals surface area contributed by atoms with E-state index in [1.807, 2.05) is 18.9 Å². The zero-order valence-corrected chi connectivity index (χ0v) is 20.4. The van der Waals surface area contributed by atoms with Gasteiger partial charge >= 0.3 is 6.61 Å². The van der Waals surface area contributed by atoms with Crippen LogP contribution < -0.4 is 15.4 Å². The summed E-state index contributed by atoms with van der Waals surface area (Å²) in [5.41, 5.74) is 1.34. The zero-order chi connectivity index (χ0) is 21.9. The number of hydrogen-bond donors (Lipinski definition) is 2. The minimum Gasteiger partial charge on any atom is -0.435 e. The SMILES string of the molecule is CCNC(=NCCNC(=O)c1ccccc1Cl)N(C)Cc1ccc(OC(F)F)cc1.I. The Kier molecular flexibility index (Phi) is 12.2. The molecule has 0 unspecified atom stereocenters. The van der Waals surface area contributed by atoms with E-state index in [4.69, 9.17) is 11.6 Å². The molecule has 31 heavy (non-hydrogen) atoms. The quantitative estimate of drug-likeness (QED) is 0.205. The molecule has 0 spiro atoms. The molecule has 0 fully saturated rings. The summed E-state index contributed by atoms with van der Waals surface area (Å²) in [6, 6.07) is 13.3. The molecule has 0 aliphatic heterocycles. The van der Waals surface area contributed by atoms with Crippen molar-refractivity contribution in [3.63, 3.8) is 0 Å². The highest BCUT2D eigenvalue weighted by Gasteiger charge is 2.10. The number of ether oxygens (including phenoxy) is 1. The molecule has 6 nitrogen and oxygen atoms in total. The summed E-state index contributed by atoms with van der Waals surface area (Å²) in [6.07, 6.45) is 0. The van der Waals surface area contributed by atoms with Gasteiger partial charge in [-0.05, 0) is 36.8 Å². The Balaban J connectivity index is 0.00000480. The van der Waals surface area contributed by atoms with E-state index in [-0.39, 0.29) is 35.6 Å². The Morgan fingerprint density at radius 3 is 2.45 bits per heavy atom. The first-order valence-electron chi connectivity index (χ1n) is 9.46. The molecule has 1 amide bonds. The van der Waals surface area contributed by atoms with Crippen molar-refractivity contribution in [1.82, 2.24) is 15.5 Å². The van der Waals surface area contributed by atoms with E-state index in [0.29, 0.717) is 42.7 Å². The molecule has 2 aromatic carbocycles. The second-order valence-electron chi connectivity index (χ2n) is 6.35. The lowest BCUT2D eigenvalue weighted by atomic mass is 10.2. The Morgan fingerprint density at radius 1 is 1.16 bits per heavy atom. The zero-order valence-electron chi connectivity index (χ0n) is 17.3. The molecule has 170 valence electrons. The van der Waals surface area contributed by atoms with Crippen LogP contribution >= 0.6 is 35.6 Å². The Bertz CT molecular complexity index is 854. The van der Waals surface area contributed by atoms with E-state index in [9.17, 15) is 13.6 Å². The minimum absolute atomic E-state index is 0. The van der Waals surface area contributed by atoms with E-state index in [1.54, 1.807) is 36.4 Å². The molecule has 2 rings (SSSR count). The number of carbonyl (C=O) groups excluding carboxylic acids is 1. The van der Waals surface area contributed by atoms with Crippen molar-refractivity contribution in [1.29, 1.82) is 0 Å². The molecule has 2 N–H and O–H groups in total. The normalized spacial score (nSPS) is 11.0. The van der Waals surface area contributed by atoms with Crippen LogP contribution in [-0.2, 0) is 6.54 Å². The number of amides is 1. The lowest BCUT2D eigenvalue weighted by molar-refractivity contribution is -0.0498. The van der Waals surface area contributed by atoms with Crippen LogP contribution in [0.15, 0.2) is 53.5 Å². The van der Waals surface area contributed by atoms with Gasteiger partial charge < -0.3 is 20.3 Å². The molecule has 0 saturated heterocycles. The third-order valence-electron chi connectivity index (χ3n) is 4.04. The molecule has 0 bridgehead atoms. The molecule has 0 saturated carbocycles. The van der Waals surface area contributed by atoms with E-state index in [1.165, 1.54) is 12.1 Å². The summed E-state index contributed by atoms with van der Waals surface area (Å²) >= 11 is 6.03. The monoisotopic (exact) mass is 566 g/mol. The van der Waals surface area contributed by atoms with Crippen molar-refractivity contribution in [3.05, 3.63) is 64.7 Å². The van der Waals surface area contributed by atoms with Gasteiger partial charge in [0.15, 0.2) is 5.96 Å². The van der Waals surface area contributed by atoms with Crippen LogP contribution in [0.2, 0.25) is 5.02 Å². The summed E-state index contributed by atoms with van der Waals surface area (Å²) in [4.78, 5) is 18.6. The van der Waals surface area contributed by atoms with Crippen LogP contribution in [0.25, 0.3) is 0 Å².